The molecule has 1 N–H and O–H groups in total. The molecule has 1 unspecified atom stereocenters. The molecule has 2 fully saturated rings. The number of fused-ring (bicyclic) bond motifs is 1. The van der Waals surface area contributed by atoms with Gasteiger partial charge >= 0.3 is 0 Å². The van der Waals surface area contributed by atoms with E-state index in [0.717, 1.165) is 0 Å². The number of hydrogen-bond acceptors (Lipinski definition) is 3. The molecular weight excluding hydrogens is 144 g/mol. The van der Waals surface area contributed by atoms with Gasteiger partial charge in [0.15, 0.2) is 5.72 Å². The number of carbonyl (C=O) groups excluding carboxylic acids is 1. The molecule has 0 aromatic carbocycles. The first-order valence-electron chi connectivity index (χ1n) is 3.83. The average molecular weight is 156 g/mol. The third-order valence-electron chi connectivity index (χ3n) is 2.45. The summed E-state index contributed by atoms with van der Waals surface area (Å²) in [6.45, 7) is 1.17. The van der Waals surface area contributed by atoms with Crippen LogP contribution in [0.4, 0.5) is 0 Å². The second-order valence-corrected chi connectivity index (χ2v) is 3.46. The maximum absolute atomic E-state index is 11.1. The fourth-order valence-electron chi connectivity index (χ4n) is 1.91. The maximum Gasteiger partial charge on any atom is 0.226 e. The lowest BCUT2D eigenvalue weighted by Gasteiger charge is -2.23. The number of amides is 1. The quantitative estimate of drug-likeness (QED) is 0.499. The molecule has 2 aliphatic heterocycles. The largest absolute Gasteiger partial charge is 0.369 e. The summed E-state index contributed by atoms with van der Waals surface area (Å²) in [7, 11) is 1.91. The standard InChI is InChI=1S/C7H12N2O2/c1-8-4-7(11)3-2-6(10)9(7)5-8/h11H,2-5H2,1H3. The number of nitrogens with zero attached hydrogens (tertiary/aromatic N) is 2. The van der Waals surface area contributed by atoms with Crippen molar-refractivity contribution >= 4 is 5.91 Å². The smallest absolute Gasteiger partial charge is 0.226 e. The predicted molar refractivity (Wildman–Crippen MR) is 38.5 cm³/mol. The molecule has 0 radical (unpaired) electrons. The molecule has 0 spiro atoms. The van der Waals surface area contributed by atoms with Crippen LogP contribution in [0, 0.1) is 0 Å². The van der Waals surface area contributed by atoms with Gasteiger partial charge in [0.05, 0.1) is 6.67 Å². The van der Waals surface area contributed by atoms with Crippen molar-refractivity contribution in [1.29, 1.82) is 0 Å². The highest BCUT2D eigenvalue weighted by atomic mass is 16.3. The van der Waals surface area contributed by atoms with Gasteiger partial charge in [-0.25, -0.2) is 0 Å². The van der Waals surface area contributed by atoms with Crippen LogP contribution in [0.25, 0.3) is 0 Å². The van der Waals surface area contributed by atoms with Gasteiger partial charge in [0.2, 0.25) is 5.91 Å². The van der Waals surface area contributed by atoms with Crippen molar-refractivity contribution in [1.82, 2.24) is 9.80 Å². The minimum Gasteiger partial charge on any atom is -0.369 e. The molecular formula is C7H12N2O2. The zero-order valence-electron chi connectivity index (χ0n) is 6.58. The van der Waals surface area contributed by atoms with Crippen LogP contribution in [0.3, 0.4) is 0 Å². The van der Waals surface area contributed by atoms with Gasteiger partial charge in [0, 0.05) is 19.4 Å². The van der Waals surface area contributed by atoms with Crippen molar-refractivity contribution in [3.63, 3.8) is 0 Å². The first kappa shape index (κ1) is 7.06. The van der Waals surface area contributed by atoms with E-state index < -0.39 is 5.72 Å². The molecule has 0 aromatic rings. The third kappa shape index (κ3) is 0.862. The van der Waals surface area contributed by atoms with Crippen LogP contribution in [0.1, 0.15) is 12.8 Å². The Labute approximate surface area is 65.4 Å². The summed E-state index contributed by atoms with van der Waals surface area (Å²) in [5.41, 5.74) is -0.841. The Morgan fingerprint density at radius 1 is 1.64 bits per heavy atom. The summed E-state index contributed by atoms with van der Waals surface area (Å²) in [4.78, 5) is 14.7. The van der Waals surface area contributed by atoms with Gasteiger partial charge < -0.3 is 10.0 Å². The van der Waals surface area contributed by atoms with E-state index in [9.17, 15) is 9.90 Å². The van der Waals surface area contributed by atoms with Gasteiger partial charge in [-0.15, -0.1) is 0 Å². The SMILES string of the molecule is CN1CN2C(=O)CCC2(O)C1. The van der Waals surface area contributed by atoms with E-state index in [2.05, 4.69) is 0 Å². The Bertz CT molecular complexity index is 207. The van der Waals surface area contributed by atoms with Crippen molar-refractivity contribution in [3.8, 4) is 0 Å². The van der Waals surface area contributed by atoms with E-state index in [1.54, 1.807) is 4.90 Å². The molecule has 4 nitrogen and oxygen atoms in total. The molecule has 1 atom stereocenters. The van der Waals surface area contributed by atoms with Crippen LogP contribution in [0.5, 0.6) is 0 Å². The molecule has 1 amide bonds. The van der Waals surface area contributed by atoms with Crippen molar-refractivity contribution in [3.05, 3.63) is 0 Å². The van der Waals surface area contributed by atoms with E-state index >= 15 is 0 Å². The monoisotopic (exact) mass is 156 g/mol. The Balaban J connectivity index is 2.24. The number of carbonyl (C=O) groups is 1. The van der Waals surface area contributed by atoms with Gasteiger partial charge in [0.1, 0.15) is 0 Å². The normalized spacial score (nSPS) is 38.4. The predicted octanol–water partition coefficient (Wildman–Crippen LogP) is -0.800. The number of β-amino-alcohol motifs (C(OH)–C–C–N with tert-alkyl or cyclic N) is 1. The molecule has 62 valence electrons. The van der Waals surface area contributed by atoms with Gasteiger partial charge in [0.25, 0.3) is 0 Å². The average Bonchev–Trinajstić information content (AvgIpc) is 2.32. The number of likely N-dealkylation sites (N-methyl/N-ethyl adjacent to an activating group) is 1. The summed E-state index contributed by atoms with van der Waals surface area (Å²) < 4.78 is 0. The van der Waals surface area contributed by atoms with Crippen LogP contribution < -0.4 is 0 Å². The third-order valence-corrected chi connectivity index (χ3v) is 2.45. The maximum atomic E-state index is 11.1. The molecule has 2 aliphatic rings. The van der Waals surface area contributed by atoms with E-state index in [-0.39, 0.29) is 5.91 Å². The van der Waals surface area contributed by atoms with Crippen LogP contribution in [-0.4, -0.2) is 46.8 Å². The summed E-state index contributed by atoms with van der Waals surface area (Å²) >= 11 is 0. The molecule has 0 bridgehead atoms. The van der Waals surface area contributed by atoms with Crippen molar-refractivity contribution in [2.45, 2.75) is 18.6 Å². The molecule has 2 saturated heterocycles. The molecule has 0 aromatic heterocycles. The van der Waals surface area contributed by atoms with Gasteiger partial charge in [-0.2, -0.15) is 0 Å². The summed E-state index contributed by atoms with van der Waals surface area (Å²) in [6.07, 6.45) is 1.10. The second kappa shape index (κ2) is 1.95. The lowest BCUT2D eigenvalue weighted by atomic mass is 10.2. The van der Waals surface area contributed by atoms with Crippen molar-refractivity contribution in [2.24, 2.45) is 0 Å². The van der Waals surface area contributed by atoms with Crippen LogP contribution in [0.2, 0.25) is 0 Å². The van der Waals surface area contributed by atoms with Crippen LogP contribution >= 0.6 is 0 Å². The summed E-state index contributed by atoms with van der Waals surface area (Å²) in [6, 6.07) is 0. The molecule has 4 heteroatoms. The Kier molecular flexibility index (Phi) is 1.25. The molecule has 2 heterocycles. The molecule has 2 rings (SSSR count). The van der Waals surface area contributed by atoms with Gasteiger partial charge in [-0.3, -0.25) is 9.69 Å². The van der Waals surface area contributed by atoms with E-state index in [0.29, 0.717) is 26.1 Å². The van der Waals surface area contributed by atoms with E-state index in [1.807, 2.05) is 11.9 Å². The Hall–Kier alpha value is -0.610. The fourth-order valence-corrected chi connectivity index (χ4v) is 1.91. The Morgan fingerprint density at radius 2 is 2.36 bits per heavy atom. The second-order valence-electron chi connectivity index (χ2n) is 3.46. The fraction of sp³-hybridized carbons (Fsp3) is 0.857. The molecule has 0 aliphatic carbocycles. The highest BCUT2D eigenvalue weighted by Crippen LogP contribution is 2.32. The first-order valence-corrected chi connectivity index (χ1v) is 3.83. The number of rotatable bonds is 0. The lowest BCUT2D eigenvalue weighted by molar-refractivity contribution is -0.137. The zero-order valence-corrected chi connectivity index (χ0v) is 6.58. The number of aliphatic hydroxyl groups is 1. The minimum absolute atomic E-state index is 0.0804. The highest BCUT2D eigenvalue weighted by Gasteiger charge is 2.49. The molecule has 11 heavy (non-hydrogen) atoms. The molecule has 0 saturated carbocycles. The van der Waals surface area contributed by atoms with E-state index in [4.69, 9.17) is 0 Å². The van der Waals surface area contributed by atoms with Gasteiger partial charge in [-0.1, -0.05) is 0 Å². The van der Waals surface area contributed by atoms with Crippen molar-refractivity contribution < 1.29 is 9.90 Å². The highest BCUT2D eigenvalue weighted by molar-refractivity contribution is 5.79. The Morgan fingerprint density at radius 3 is 3.00 bits per heavy atom. The summed E-state index contributed by atoms with van der Waals surface area (Å²) in [5, 5.41) is 9.84. The van der Waals surface area contributed by atoms with Crippen LogP contribution in [-0.2, 0) is 4.79 Å². The van der Waals surface area contributed by atoms with Crippen LogP contribution in [0.15, 0.2) is 0 Å². The zero-order chi connectivity index (χ0) is 8.06. The number of hydrogen-bond donors (Lipinski definition) is 1. The van der Waals surface area contributed by atoms with Gasteiger partial charge in [-0.05, 0) is 7.05 Å². The van der Waals surface area contributed by atoms with E-state index in [1.165, 1.54) is 0 Å². The minimum atomic E-state index is -0.841. The topological polar surface area (TPSA) is 43.8 Å². The van der Waals surface area contributed by atoms with Crippen molar-refractivity contribution in [2.75, 3.05) is 20.3 Å². The summed E-state index contributed by atoms with van der Waals surface area (Å²) in [5.74, 6) is 0.0804. The first-order chi connectivity index (χ1) is 5.12. The lowest BCUT2D eigenvalue weighted by Crippen LogP contribution is -2.41.